The van der Waals surface area contributed by atoms with Crippen LogP contribution in [0.2, 0.25) is 0 Å². The molecule has 1 N–H and O–H groups in total. The molecule has 0 amide bonds. The minimum atomic E-state index is 0.827. The van der Waals surface area contributed by atoms with Crippen molar-refractivity contribution in [3.05, 3.63) is 0 Å². The molecule has 100 valence electrons. The molecule has 0 bridgehead atoms. The molecule has 1 nitrogen and oxygen atoms in total. The van der Waals surface area contributed by atoms with Crippen LogP contribution >= 0.6 is 11.8 Å². The lowest BCUT2D eigenvalue weighted by atomic mass is 9.74. The van der Waals surface area contributed by atoms with Crippen molar-refractivity contribution in [3.8, 4) is 0 Å². The quantitative estimate of drug-likeness (QED) is 0.799. The zero-order chi connectivity index (χ0) is 12.1. The van der Waals surface area contributed by atoms with E-state index in [4.69, 9.17) is 0 Å². The van der Waals surface area contributed by atoms with Gasteiger partial charge in [0.15, 0.2) is 0 Å². The first kappa shape index (κ1) is 13.7. The van der Waals surface area contributed by atoms with E-state index >= 15 is 0 Å². The van der Waals surface area contributed by atoms with E-state index in [1.807, 2.05) is 0 Å². The zero-order valence-electron chi connectivity index (χ0n) is 11.6. The van der Waals surface area contributed by atoms with E-state index in [2.05, 4.69) is 30.9 Å². The van der Waals surface area contributed by atoms with Gasteiger partial charge in [-0.15, -0.1) is 0 Å². The third-order valence-electron chi connectivity index (χ3n) is 4.59. The van der Waals surface area contributed by atoms with Gasteiger partial charge in [-0.3, -0.25) is 0 Å². The van der Waals surface area contributed by atoms with E-state index in [-0.39, 0.29) is 0 Å². The van der Waals surface area contributed by atoms with Crippen molar-refractivity contribution in [2.45, 2.75) is 58.4 Å². The second-order valence-electron chi connectivity index (χ2n) is 6.14. The summed E-state index contributed by atoms with van der Waals surface area (Å²) < 4.78 is 0. The van der Waals surface area contributed by atoms with Gasteiger partial charge in [-0.25, -0.2) is 0 Å². The summed E-state index contributed by atoms with van der Waals surface area (Å²) in [5.41, 5.74) is 0. The molecule has 1 saturated carbocycles. The number of hydrogen-bond acceptors (Lipinski definition) is 2. The molecule has 2 aliphatic rings. The van der Waals surface area contributed by atoms with Gasteiger partial charge in [-0.05, 0) is 61.5 Å². The van der Waals surface area contributed by atoms with Crippen molar-refractivity contribution in [1.82, 2.24) is 5.32 Å². The summed E-state index contributed by atoms with van der Waals surface area (Å²) in [7, 11) is 0. The molecule has 17 heavy (non-hydrogen) atoms. The van der Waals surface area contributed by atoms with E-state index < -0.39 is 0 Å². The average molecular weight is 255 g/mol. The highest BCUT2D eigenvalue weighted by Gasteiger charge is 2.33. The zero-order valence-corrected chi connectivity index (χ0v) is 12.4. The number of thioether (sulfide) groups is 1. The second-order valence-corrected chi connectivity index (χ2v) is 7.29. The molecule has 1 saturated heterocycles. The average Bonchev–Trinajstić information content (AvgIpc) is 2.83. The van der Waals surface area contributed by atoms with Gasteiger partial charge in [-0.1, -0.05) is 26.7 Å². The molecular weight excluding hydrogens is 226 g/mol. The van der Waals surface area contributed by atoms with Gasteiger partial charge < -0.3 is 5.32 Å². The standard InChI is InChI=1S/C15H29NS/c1-3-8-16-15(14-7-9-17-11-14)13-6-4-5-12(2)10-13/h12-16H,3-11H2,1-2H3. The van der Waals surface area contributed by atoms with E-state index in [1.54, 1.807) is 0 Å². The number of rotatable bonds is 5. The first-order valence-electron chi connectivity index (χ1n) is 7.62. The van der Waals surface area contributed by atoms with E-state index in [9.17, 15) is 0 Å². The molecule has 2 heteroatoms. The Bertz CT molecular complexity index is 213. The molecule has 0 radical (unpaired) electrons. The van der Waals surface area contributed by atoms with Crippen LogP contribution in [0.4, 0.5) is 0 Å². The van der Waals surface area contributed by atoms with Crippen LogP contribution in [0.25, 0.3) is 0 Å². The fourth-order valence-corrected chi connectivity index (χ4v) is 4.99. The largest absolute Gasteiger partial charge is 0.313 e. The monoisotopic (exact) mass is 255 g/mol. The van der Waals surface area contributed by atoms with Crippen LogP contribution in [0.3, 0.4) is 0 Å². The second kappa shape index (κ2) is 7.04. The Labute approximate surface area is 112 Å². The lowest BCUT2D eigenvalue weighted by Crippen LogP contribution is -2.44. The Morgan fingerprint density at radius 1 is 1.24 bits per heavy atom. The first-order chi connectivity index (χ1) is 8.31. The maximum absolute atomic E-state index is 3.89. The Hall–Kier alpha value is 0.310. The van der Waals surface area contributed by atoms with Crippen molar-refractivity contribution in [2.75, 3.05) is 18.1 Å². The number of nitrogens with one attached hydrogen (secondary N) is 1. The Balaban J connectivity index is 1.92. The summed E-state index contributed by atoms with van der Waals surface area (Å²) >= 11 is 2.17. The summed E-state index contributed by atoms with van der Waals surface area (Å²) in [6.07, 6.45) is 8.62. The molecule has 2 rings (SSSR count). The SMILES string of the molecule is CCCNC(C1CCSC1)C1CCCC(C)C1. The van der Waals surface area contributed by atoms with Crippen molar-refractivity contribution in [1.29, 1.82) is 0 Å². The number of hydrogen-bond donors (Lipinski definition) is 1. The fourth-order valence-electron chi connectivity index (χ4n) is 3.67. The fraction of sp³-hybridized carbons (Fsp3) is 1.00. The predicted molar refractivity (Wildman–Crippen MR) is 78.6 cm³/mol. The van der Waals surface area contributed by atoms with Gasteiger partial charge >= 0.3 is 0 Å². The maximum atomic E-state index is 3.89. The molecule has 0 spiro atoms. The highest BCUT2D eigenvalue weighted by Crippen LogP contribution is 2.37. The summed E-state index contributed by atoms with van der Waals surface area (Å²) in [4.78, 5) is 0. The van der Waals surface area contributed by atoms with Crippen LogP contribution in [-0.4, -0.2) is 24.1 Å². The minimum Gasteiger partial charge on any atom is -0.313 e. The molecule has 1 aliphatic heterocycles. The molecule has 4 atom stereocenters. The highest BCUT2D eigenvalue weighted by atomic mass is 32.2. The lowest BCUT2D eigenvalue weighted by molar-refractivity contribution is 0.185. The van der Waals surface area contributed by atoms with Gasteiger partial charge in [0.1, 0.15) is 0 Å². The topological polar surface area (TPSA) is 12.0 Å². The van der Waals surface area contributed by atoms with E-state index in [1.165, 1.54) is 56.6 Å². The molecule has 0 aromatic rings. The molecule has 0 aromatic heterocycles. The molecule has 1 heterocycles. The predicted octanol–water partition coefficient (Wildman–Crippen LogP) is 3.93. The lowest BCUT2D eigenvalue weighted by Gasteiger charge is -2.37. The van der Waals surface area contributed by atoms with Gasteiger partial charge in [-0.2, -0.15) is 11.8 Å². The smallest absolute Gasteiger partial charge is 0.0132 e. The summed E-state index contributed by atoms with van der Waals surface area (Å²) in [6.45, 7) is 5.96. The van der Waals surface area contributed by atoms with E-state index in [0.29, 0.717) is 0 Å². The van der Waals surface area contributed by atoms with Gasteiger partial charge in [0.05, 0.1) is 0 Å². The van der Waals surface area contributed by atoms with Crippen LogP contribution in [-0.2, 0) is 0 Å². The van der Waals surface area contributed by atoms with Crippen LogP contribution in [0.1, 0.15) is 52.4 Å². The third-order valence-corrected chi connectivity index (χ3v) is 5.78. The van der Waals surface area contributed by atoms with Gasteiger partial charge in [0.25, 0.3) is 0 Å². The molecular formula is C15H29NS. The summed E-state index contributed by atoms with van der Waals surface area (Å²) in [5, 5.41) is 3.89. The van der Waals surface area contributed by atoms with Crippen LogP contribution in [0, 0.1) is 17.8 Å². The molecule has 0 aromatic carbocycles. The summed E-state index contributed by atoms with van der Waals surface area (Å²) in [6, 6.07) is 0.827. The van der Waals surface area contributed by atoms with Gasteiger partial charge in [0, 0.05) is 6.04 Å². The normalized spacial score (nSPS) is 36.0. The highest BCUT2D eigenvalue weighted by molar-refractivity contribution is 7.99. The molecule has 1 aliphatic carbocycles. The van der Waals surface area contributed by atoms with Crippen molar-refractivity contribution in [2.24, 2.45) is 17.8 Å². The van der Waals surface area contributed by atoms with Crippen LogP contribution in [0.15, 0.2) is 0 Å². The Morgan fingerprint density at radius 2 is 2.12 bits per heavy atom. The Morgan fingerprint density at radius 3 is 2.76 bits per heavy atom. The van der Waals surface area contributed by atoms with Crippen LogP contribution in [0.5, 0.6) is 0 Å². The first-order valence-corrected chi connectivity index (χ1v) is 8.77. The molecule has 2 fully saturated rings. The third kappa shape index (κ3) is 3.89. The van der Waals surface area contributed by atoms with Crippen molar-refractivity contribution in [3.63, 3.8) is 0 Å². The summed E-state index contributed by atoms with van der Waals surface area (Å²) in [5.74, 6) is 5.70. The van der Waals surface area contributed by atoms with E-state index in [0.717, 1.165) is 23.8 Å². The van der Waals surface area contributed by atoms with Crippen molar-refractivity contribution < 1.29 is 0 Å². The minimum absolute atomic E-state index is 0.827. The van der Waals surface area contributed by atoms with Crippen molar-refractivity contribution >= 4 is 11.8 Å². The van der Waals surface area contributed by atoms with Crippen LogP contribution < -0.4 is 5.32 Å². The maximum Gasteiger partial charge on any atom is 0.0132 e. The Kier molecular flexibility index (Phi) is 5.68. The molecule has 4 unspecified atom stereocenters. The van der Waals surface area contributed by atoms with Gasteiger partial charge in [0.2, 0.25) is 0 Å².